The molecular formula is C11H12N4O2. The van der Waals surface area contributed by atoms with E-state index >= 15 is 0 Å². The molecule has 0 heterocycles. The lowest BCUT2D eigenvalue weighted by atomic mass is 10.2. The molecule has 0 aliphatic heterocycles. The first-order valence-electron chi connectivity index (χ1n) is 5.03. The van der Waals surface area contributed by atoms with Gasteiger partial charge in [-0.25, -0.2) is 0 Å². The Morgan fingerprint density at radius 2 is 2.18 bits per heavy atom. The number of hydrogen-bond acceptors (Lipinski definition) is 4. The molecule has 0 spiro atoms. The molecule has 1 rings (SSSR count). The zero-order chi connectivity index (χ0) is 12.5. The second-order valence-corrected chi connectivity index (χ2v) is 3.17. The van der Waals surface area contributed by atoms with Gasteiger partial charge in [0, 0.05) is 17.5 Å². The number of nitrogens with zero attached hydrogens (tertiary/aromatic N) is 4. The maximum absolute atomic E-state index is 8.81. The van der Waals surface area contributed by atoms with Gasteiger partial charge in [0.25, 0.3) is 0 Å². The van der Waals surface area contributed by atoms with Crippen molar-refractivity contribution in [2.45, 2.75) is 6.42 Å². The van der Waals surface area contributed by atoms with Gasteiger partial charge in [0.2, 0.25) is 0 Å². The van der Waals surface area contributed by atoms with Crippen molar-refractivity contribution in [2.75, 3.05) is 20.3 Å². The van der Waals surface area contributed by atoms with Crippen LogP contribution < -0.4 is 9.47 Å². The standard InChI is InChI=1S/C11H12N4O2/c1-16-10-5-9(8-12)6-11(7-10)17-4-2-3-14-15-13/h5-7H,2-4H2,1H3. The third-order valence-electron chi connectivity index (χ3n) is 1.98. The predicted octanol–water partition coefficient (Wildman–Crippen LogP) is 2.65. The highest BCUT2D eigenvalue weighted by atomic mass is 16.5. The van der Waals surface area contributed by atoms with Gasteiger partial charge in [-0.2, -0.15) is 5.26 Å². The van der Waals surface area contributed by atoms with Gasteiger partial charge in [-0.3, -0.25) is 0 Å². The quantitative estimate of drug-likeness (QED) is 0.326. The molecule has 0 radical (unpaired) electrons. The van der Waals surface area contributed by atoms with Gasteiger partial charge in [-0.1, -0.05) is 5.11 Å². The van der Waals surface area contributed by atoms with Crippen molar-refractivity contribution < 1.29 is 9.47 Å². The summed E-state index contributed by atoms with van der Waals surface area (Å²) in [4.78, 5) is 2.64. The van der Waals surface area contributed by atoms with Crippen LogP contribution in [0.3, 0.4) is 0 Å². The minimum atomic E-state index is 0.394. The largest absolute Gasteiger partial charge is 0.497 e. The van der Waals surface area contributed by atoms with Gasteiger partial charge >= 0.3 is 0 Å². The first-order valence-corrected chi connectivity index (χ1v) is 5.03. The summed E-state index contributed by atoms with van der Waals surface area (Å²) in [5.74, 6) is 1.15. The summed E-state index contributed by atoms with van der Waals surface area (Å²) < 4.78 is 10.5. The second kappa shape index (κ2) is 6.99. The zero-order valence-electron chi connectivity index (χ0n) is 9.46. The van der Waals surface area contributed by atoms with E-state index in [0.29, 0.717) is 36.6 Å². The van der Waals surface area contributed by atoms with E-state index in [4.69, 9.17) is 20.3 Å². The van der Waals surface area contributed by atoms with E-state index < -0.39 is 0 Å². The summed E-state index contributed by atoms with van der Waals surface area (Å²) >= 11 is 0. The summed E-state index contributed by atoms with van der Waals surface area (Å²) in [5, 5.41) is 12.2. The molecule has 17 heavy (non-hydrogen) atoms. The first kappa shape index (κ1) is 12.7. The molecule has 0 fully saturated rings. The van der Waals surface area contributed by atoms with Gasteiger partial charge < -0.3 is 9.47 Å². The summed E-state index contributed by atoms with van der Waals surface area (Å²) in [6.07, 6.45) is 0.628. The molecule has 0 aromatic heterocycles. The highest BCUT2D eigenvalue weighted by Gasteiger charge is 2.01. The van der Waals surface area contributed by atoms with Gasteiger partial charge in [0.1, 0.15) is 11.5 Å². The van der Waals surface area contributed by atoms with Crippen molar-refractivity contribution in [1.82, 2.24) is 0 Å². The first-order chi connectivity index (χ1) is 8.30. The smallest absolute Gasteiger partial charge is 0.124 e. The van der Waals surface area contributed by atoms with Crippen LogP contribution in [0.2, 0.25) is 0 Å². The summed E-state index contributed by atoms with van der Waals surface area (Å²) in [6.45, 7) is 0.822. The van der Waals surface area contributed by atoms with Crippen LogP contribution in [0.15, 0.2) is 23.3 Å². The molecule has 0 aliphatic carbocycles. The number of benzene rings is 1. The van der Waals surface area contributed by atoms with E-state index in [9.17, 15) is 0 Å². The Labute approximate surface area is 99.0 Å². The molecule has 0 amide bonds. The Balaban J connectivity index is 2.58. The Morgan fingerprint density at radius 1 is 1.41 bits per heavy atom. The SMILES string of the molecule is COc1cc(C#N)cc(OCCCN=[N+]=[N-])c1. The predicted molar refractivity (Wildman–Crippen MR) is 61.8 cm³/mol. The van der Waals surface area contributed by atoms with Crippen molar-refractivity contribution in [3.05, 3.63) is 34.2 Å². The molecule has 0 N–H and O–H groups in total. The van der Waals surface area contributed by atoms with Crippen molar-refractivity contribution >= 4 is 0 Å². The molecule has 6 nitrogen and oxygen atoms in total. The number of azide groups is 1. The Morgan fingerprint density at radius 3 is 2.82 bits per heavy atom. The number of nitriles is 1. The molecule has 0 saturated heterocycles. The second-order valence-electron chi connectivity index (χ2n) is 3.17. The van der Waals surface area contributed by atoms with Crippen molar-refractivity contribution in [3.8, 4) is 17.6 Å². The molecule has 88 valence electrons. The monoisotopic (exact) mass is 232 g/mol. The highest BCUT2D eigenvalue weighted by molar-refractivity contribution is 5.43. The van der Waals surface area contributed by atoms with Crippen LogP contribution in [-0.2, 0) is 0 Å². The number of methoxy groups -OCH3 is 1. The summed E-state index contributed by atoms with van der Waals surface area (Å²) in [6, 6.07) is 7.00. The van der Waals surface area contributed by atoms with Crippen LogP contribution in [0.25, 0.3) is 10.4 Å². The van der Waals surface area contributed by atoms with Crippen molar-refractivity contribution in [1.29, 1.82) is 5.26 Å². The molecule has 1 aromatic carbocycles. The molecule has 1 aromatic rings. The molecule has 0 aliphatic rings. The van der Waals surface area contributed by atoms with E-state index in [1.165, 1.54) is 7.11 Å². The zero-order valence-corrected chi connectivity index (χ0v) is 9.46. The molecule has 6 heteroatoms. The lowest BCUT2D eigenvalue weighted by Crippen LogP contribution is -1.99. The summed E-state index contributed by atoms with van der Waals surface area (Å²) in [5.41, 5.74) is 8.57. The molecule has 0 saturated carbocycles. The fourth-order valence-corrected chi connectivity index (χ4v) is 1.21. The highest BCUT2D eigenvalue weighted by Crippen LogP contribution is 2.22. The van der Waals surface area contributed by atoms with Crippen LogP contribution in [0.4, 0.5) is 0 Å². The average Bonchev–Trinajstić information content (AvgIpc) is 2.38. The number of rotatable bonds is 6. The van der Waals surface area contributed by atoms with E-state index in [0.717, 1.165) is 0 Å². The molecule has 0 atom stereocenters. The average molecular weight is 232 g/mol. The topological polar surface area (TPSA) is 91.0 Å². The molecule has 0 bridgehead atoms. The van der Waals surface area contributed by atoms with Gasteiger partial charge in [0.05, 0.1) is 25.3 Å². The fourth-order valence-electron chi connectivity index (χ4n) is 1.21. The maximum atomic E-state index is 8.81. The van der Waals surface area contributed by atoms with Crippen molar-refractivity contribution in [2.24, 2.45) is 5.11 Å². The fraction of sp³-hybridized carbons (Fsp3) is 0.364. The minimum Gasteiger partial charge on any atom is -0.497 e. The van der Waals surface area contributed by atoms with Crippen LogP contribution in [-0.4, -0.2) is 20.3 Å². The normalized spacial score (nSPS) is 8.94. The van der Waals surface area contributed by atoms with Crippen LogP contribution >= 0.6 is 0 Å². The molecule has 0 unspecified atom stereocenters. The van der Waals surface area contributed by atoms with E-state index in [2.05, 4.69) is 10.0 Å². The van der Waals surface area contributed by atoms with Crippen molar-refractivity contribution in [3.63, 3.8) is 0 Å². The van der Waals surface area contributed by atoms with Crippen LogP contribution in [0.5, 0.6) is 11.5 Å². The number of ether oxygens (including phenoxy) is 2. The lowest BCUT2D eigenvalue weighted by molar-refractivity contribution is 0.310. The Hall–Kier alpha value is -2.38. The third-order valence-corrected chi connectivity index (χ3v) is 1.98. The Kier molecular flexibility index (Phi) is 5.21. The third kappa shape index (κ3) is 4.33. The maximum Gasteiger partial charge on any atom is 0.124 e. The number of hydrogen-bond donors (Lipinski definition) is 0. The van der Waals surface area contributed by atoms with Crippen LogP contribution in [0, 0.1) is 11.3 Å². The molecular weight excluding hydrogens is 220 g/mol. The van der Waals surface area contributed by atoms with Crippen LogP contribution in [0.1, 0.15) is 12.0 Å². The summed E-state index contributed by atoms with van der Waals surface area (Å²) in [7, 11) is 1.53. The van der Waals surface area contributed by atoms with Gasteiger partial charge in [0.15, 0.2) is 0 Å². The Bertz CT molecular complexity index is 461. The van der Waals surface area contributed by atoms with Gasteiger partial charge in [-0.15, -0.1) is 0 Å². The van der Waals surface area contributed by atoms with Gasteiger partial charge in [-0.05, 0) is 24.1 Å². The van der Waals surface area contributed by atoms with E-state index in [1.54, 1.807) is 18.2 Å². The van der Waals surface area contributed by atoms with E-state index in [1.807, 2.05) is 6.07 Å². The lowest BCUT2D eigenvalue weighted by Gasteiger charge is -2.07. The minimum absolute atomic E-state index is 0.394. The van der Waals surface area contributed by atoms with E-state index in [-0.39, 0.29) is 0 Å².